The summed E-state index contributed by atoms with van der Waals surface area (Å²) >= 11 is 0. The molecule has 10 heteroatoms. The van der Waals surface area contributed by atoms with Crippen molar-refractivity contribution in [1.29, 1.82) is 0 Å². The predicted octanol–water partition coefficient (Wildman–Crippen LogP) is 0.227. The fraction of sp³-hybridized carbons (Fsp3) is 0.625. The van der Waals surface area contributed by atoms with Gasteiger partial charge in [-0.1, -0.05) is 0 Å². The van der Waals surface area contributed by atoms with Crippen molar-refractivity contribution in [3.05, 3.63) is 18.5 Å². The minimum atomic E-state index is -0.0884. The minimum Gasteiger partial charge on any atom is -0.354 e. The Morgan fingerprint density at radius 1 is 1.15 bits per heavy atom. The zero-order valence-electron chi connectivity index (χ0n) is 14.6. The number of carbonyl (C=O) groups excluding carboxylic acids is 2. The summed E-state index contributed by atoms with van der Waals surface area (Å²) in [5.41, 5.74) is 0. The van der Waals surface area contributed by atoms with Gasteiger partial charge in [-0.3, -0.25) is 9.59 Å². The maximum atomic E-state index is 12.3. The highest BCUT2D eigenvalue weighted by Gasteiger charge is 2.24. The Morgan fingerprint density at radius 2 is 1.85 bits per heavy atom. The van der Waals surface area contributed by atoms with Gasteiger partial charge in [0.2, 0.25) is 17.8 Å². The van der Waals surface area contributed by atoms with Gasteiger partial charge in [0.25, 0.3) is 0 Å². The van der Waals surface area contributed by atoms with Gasteiger partial charge in [0, 0.05) is 51.5 Å². The summed E-state index contributed by atoms with van der Waals surface area (Å²) < 4.78 is 0. The molecule has 2 aliphatic heterocycles. The van der Waals surface area contributed by atoms with Gasteiger partial charge < -0.3 is 20.4 Å². The summed E-state index contributed by atoms with van der Waals surface area (Å²) in [6, 6.07) is 1.70. The van der Waals surface area contributed by atoms with Crippen LogP contribution < -0.4 is 15.5 Å². The summed E-state index contributed by atoms with van der Waals surface area (Å²) in [5.74, 6) is 0.801. The molecule has 26 heavy (non-hydrogen) atoms. The molecule has 3 rings (SSSR count). The number of aromatic nitrogens is 2. The number of piperazine rings is 1. The molecule has 1 aromatic heterocycles. The van der Waals surface area contributed by atoms with Crippen molar-refractivity contribution in [2.75, 3.05) is 44.2 Å². The van der Waals surface area contributed by atoms with Crippen LogP contribution in [0.25, 0.3) is 0 Å². The van der Waals surface area contributed by atoms with Crippen LogP contribution >= 0.6 is 24.8 Å². The summed E-state index contributed by atoms with van der Waals surface area (Å²) in [6.45, 7) is 4.08. The van der Waals surface area contributed by atoms with E-state index in [0.717, 1.165) is 32.5 Å². The van der Waals surface area contributed by atoms with Gasteiger partial charge in [0.05, 0.1) is 6.04 Å². The molecule has 0 radical (unpaired) electrons. The smallest absolute Gasteiger partial charge is 0.237 e. The average Bonchev–Trinajstić information content (AvgIpc) is 3.17. The number of carbonyl (C=O) groups is 2. The molecule has 0 saturated carbocycles. The molecule has 1 atom stereocenters. The molecule has 0 aromatic carbocycles. The van der Waals surface area contributed by atoms with E-state index in [1.165, 1.54) is 0 Å². The molecular weight excluding hydrogens is 379 g/mol. The third-order valence-corrected chi connectivity index (χ3v) is 4.48. The molecular formula is C16H26Cl2N6O2. The second-order valence-electron chi connectivity index (χ2n) is 6.11. The Hall–Kier alpha value is -1.64. The molecule has 2 amide bonds. The summed E-state index contributed by atoms with van der Waals surface area (Å²) in [7, 11) is 0. The SMILES string of the molecule is Cl.Cl.O=C(NCCC(=O)N1CCN(c2ncccn2)CC1)C1CCCN1. The molecule has 8 nitrogen and oxygen atoms in total. The molecule has 1 unspecified atom stereocenters. The van der Waals surface area contributed by atoms with E-state index < -0.39 is 0 Å². The van der Waals surface area contributed by atoms with Crippen molar-refractivity contribution < 1.29 is 9.59 Å². The van der Waals surface area contributed by atoms with Crippen LogP contribution in [-0.4, -0.2) is 72.0 Å². The average molecular weight is 405 g/mol. The zero-order chi connectivity index (χ0) is 16.8. The van der Waals surface area contributed by atoms with Crippen LogP contribution in [0.4, 0.5) is 5.95 Å². The van der Waals surface area contributed by atoms with Crippen molar-refractivity contribution in [1.82, 2.24) is 25.5 Å². The first-order valence-corrected chi connectivity index (χ1v) is 8.55. The molecule has 2 aliphatic rings. The maximum absolute atomic E-state index is 12.3. The minimum absolute atomic E-state index is 0. The van der Waals surface area contributed by atoms with E-state index in [1.54, 1.807) is 18.5 Å². The molecule has 2 fully saturated rings. The van der Waals surface area contributed by atoms with Gasteiger partial charge in [-0.15, -0.1) is 24.8 Å². The predicted molar refractivity (Wildman–Crippen MR) is 104 cm³/mol. The lowest BCUT2D eigenvalue weighted by atomic mass is 10.2. The van der Waals surface area contributed by atoms with Crippen LogP contribution in [0.1, 0.15) is 19.3 Å². The van der Waals surface area contributed by atoms with E-state index in [1.807, 2.05) is 4.90 Å². The van der Waals surface area contributed by atoms with Crippen molar-refractivity contribution in [2.45, 2.75) is 25.3 Å². The molecule has 2 N–H and O–H groups in total. The van der Waals surface area contributed by atoms with E-state index in [0.29, 0.717) is 32.0 Å². The Kier molecular flexibility index (Phi) is 9.61. The van der Waals surface area contributed by atoms with Crippen molar-refractivity contribution in [3.8, 4) is 0 Å². The standard InChI is InChI=1S/C16H24N6O2.2ClH/c23-14(4-8-18-15(24)13-3-1-5-17-13)21-9-11-22(12-10-21)16-19-6-2-7-20-16;;/h2,6-7,13,17H,1,3-5,8-12H2,(H,18,24);2*1H. The van der Waals surface area contributed by atoms with Crippen LogP contribution in [0.15, 0.2) is 18.5 Å². The molecule has 0 aliphatic carbocycles. The van der Waals surface area contributed by atoms with E-state index in [2.05, 4.69) is 25.5 Å². The van der Waals surface area contributed by atoms with Gasteiger partial charge in [0.1, 0.15) is 0 Å². The Morgan fingerprint density at radius 3 is 2.46 bits per heavy atom. The van der Waals surface area contributed by atoms with E-state index in [4.69, 9.17) is 0 Å². The number of amides is 2. The van der Waals surface area contributed by atoms with Crippen LogP contribution in [0, 0.1) is 0 Å². The van der Waals surface area contributed by atoms with Crippen molar-refractivity contribution in [2.24, 2.45) is 0 Å². The highest BCUT2D eigenvalue weighted by Crippen LogP contribution is 2.10. The van der Waals surface area contributed by atoms with Gasteiger partial charge in [0.15, 0.2) is 0 Å². The zero-order valence-corrected chi connectivity index (χ0v) is 16.2. The van der Waals surface area contributed by atoms with Crippen LogP contribution in [-0.2, 0) is 9.59 Å². The molecule has 146 valence electrons. The topological polar surface area (TPSA) is 90.5 Å². The normalized spacial score (nSPS) is 19.3. The Bertz CT molecular complexity index is 563. The number of hydrogen-bond donors (Lipinski definition) is 2. The van der Waals surface area contributed by atoms with E-state index in [9.17, 15) is 9.59 Å². The number of nitrogens with one attached hydrogen (secondary N) is 2. The first-order valence-electron chi connectivity index (χ1n) is 8.55. The molecule has 2 saturated heterocycles. The monoisotopic (exact) mass is 404 g/mol. The van der Waals surface area contributed by atoms with Crippen LogP contribution in [0.3, 0.4) is 0 Å². The molecule has 0 bridgehead atoms. The van der Waals surface area contributed by atoms with E-state index >= 15 is 0 Å². The van der Waals surface area contributed by atoms with Gasteiger partial charge in [-0.25, -0.2) is 9.97 Å². The van der Waals surface area contributed by atoms with Crippen LogP contribution in [0.2, 0.25) is 0 Å². The maximum Gasteiger partial charge on any atom is 0.237 e. The fourth-order valence-electron chi connectivity index (χ4n) is 3.09. The molecule has 1 aromatic rings. The quantitative estimate of drug-likeness (QED) is 0.729. The second kappa shape index (κ2) is 11.2. The first kappa shape index (κ1) is 22.4. The third-order valence-electron chi connectivity index (χ3n) is 4.48. The number of rotatable bonds is 5. The number of halogens is 2. The fourth-order valence-corrected chi connectivity index (χ4v) is 3.09. The number of hydrogen-bond acceptors (Lipinski definition) is 6. The van der Waals surface area contributed by atoms with Gasteiger partial charge >= 0.3 is 0 Å². The van der Waals surface area contributed by atoms with Gasteiger partial charge in [-0.05, 0) is 25.5 Å². The number of anilines is 1. The lowest BCUT2D eigenvalue weighted by molar-refractivity contribution is -0.131. The van der Waals surface area contributed by atoms with Crippen molar-refractivity contribution in [3.63, 3.8) is 0 Å². The molecule has 0 spiro atoms. The highest BCUT2D eigenvalue weighted by atomic mass is 35.5. The lowest BCUT2D eigenvalue weighted by Gasteiger charge is -2.34. The van der Waals surface area contributed by atoms with E-state index in [-0.39, 0.29) is 42.7 Å². The lowest BCUT2D eigenvalue weighted by Crippen LogP contribution is -2.50. The van der Waals surface area contributed by atoms with Crippen LogP contribution in [0.5, 0.6) is 0 Å². The first-order chi connectivity index (χ1) is 11.7. The highest BCUT2D eigenvalue weighted by molar-refractivity contribution is 5.85. The second-order valence-corrected chi connectivity index (χ2v) is 6.11. The molecule has 3 heterocycles. The summed E-state index contributed by atoms with van der Waals surface area (Å²) in [4.78, 5) is 36.5. The summed E-state index contributed by atoms with van der Waals surface area (Å²) in [6.07, 6.45) is 5.71. The Labute approximate surface area is 165 Å². The third kappa shape index (κ3) is 5.96. The van der Waals surface area contributed by atoms with Crippen molar-refractivity contribution >= 4 is 42.6 Å². The Balaban J connectivity index is 0.00000169. The van der Waals surface area contributed by atoms with Gasteiger partial charge in [-0.2, -0.15) is 0 Å². The number of nitrogens with zero attached hydrogens (tertiary/aromatic N) is 4. The summed E-state index contributed by atoms with van der Waals surface area (Å²) in [5, 5.41) is 6.00. The largest absolute Gasteiger partial charge is 0.354 e.